The van der Waals surface area contributed by atoms with Crippen LogP contribution in [0.5, 0.6) is 0 Å². The van der Waals surface area contributed by atoms with Crippen LogP contribution < -0.4 is 16.5 Å². The van der Waals surface area contributed by atoms with Gasteiger partial charge in [0, 0.05) is 39.8 Å². The third-order valence-electron chi connectivity index (χ3n) is 7.48. The normalized spacial score (nSPS) is 15.2. The SMILES string of the molecule is C=C(NCc1c(C2=Cc3ccccc3C2)sc2c1CCN(N)C2)Nc1sc(C)c(C)c1C(=C)CC(C)(C)C. The van der Waals surface area contributed by atoms with Gasteiger partial charge in [-0.25, -0.2) is 5.01 Å². The third kappa shape index (κ3) is 5.55. The number of benzene rings is 1. The van der Waals surface area contributed by atoms with Gasteiger partial charge in [-0.05, 0) is 83.6 Å². The van der Waals surface area contributed by atoms with Gasteiger partial charge in [0.2, 0.25) is 0 Å². The molecule has 3 heterocycles. The molecule has 4 N–H and O–H groups in total. The van der Waals surface area contributed by atoms with Crippen LogP contribution in [0.1, 0.15) is 75.2 Å². The molecule has 0 unspecified atom stereocenters. The first kappa shape index (κ1) is 26.9. The van der Waals surface area contributed by atoms with Crippen LogP contribution in [0.2, 0.25) is 0 Å². The molecule has 1 aromatic carbocycles. The Morgan fingerprint density at radius 1 is 1.13 bits per heavy atom. The van der Waals surface area contributed by atoms with E-state index in [9.17, 15) is 0 Å². The fraction of sp³-hybridized carbons (Fsp3) is 0.375. The van der Waals surface area contributed by atoms with E-state index in [1.165, 1.54) is 59.2 Å². The van der Waals surface area contributed by atoms with Gasteiger partial charge < -0.3 is 10.6 Å². The van der Waals surface area contributed by atoms with Crippen LogP contribution in [0.25, 0.3) is 17.2 Å². The maximum absolute atomic E-state index is 6.21. The molecule has 0 bridgehead atoms. The lowest BCUT2D eigenvalue weighted by Gasteiger charge is -2.23. The number of nitrogens with zero attached hydrogens (tertiary/aromatic N) is 1. The Balaban J connectivity index is 1.37. The van der Waals surface area contributed by atoms with E-state index < -0.39 is 0 Å². The predicted molar refractivity (Wildman–Crippen MR) is 167 cm³/mol. The Morgan fingerprint density at radius 3 is 2.63 bits per heavy atom. The Kier molecular flexibility index (Phi) is 7.44. The van der Waals surface area contributed by atoms with E-state index in [1.54, 1.807) is 11.3 Å². The van der Waals surface area contributed by atoms with Crippen molar-refractivity contribution in [3.05, 3.63) is 91.3 Å². The topological polar surface area (TPSA) is 53.3 Å². The number of rotatable bonds is 8. The molecule has 200 valence electrons. The zero-order valence-corrected chi connectivity index (χ0v) is 25.0. The number of fused-ring (bicyclic) bond motifs is 2. The molecule has 0 saturated heterocycles. The Morgan fingerprint density at radius 2 is 1.89 bits per heavy atom. The average molecular weight is 545 g/mol. The summed E-state index contributed by atoms with van der Waals surface area (Å²) in [5.41, 5.74) is 11.0. The molecule has 4 nitrogen and oxygen atoms in total. The van der Waals surface area contributed by atoms with Crippen molar-refractivity contribution in [3.63, 3.8) is 0 Å². The Bertz CT molecular complexity index is 1430. The largest absolute Gasteiger partial charge is 0.368 e. The third-order valence-corrected chi connectivity index (χ3v) is 9.94. The van der Waals surface area contributed by atoms with E-state index in [1.807, 2.05) is 16.3 Å². The summed E-state index contributed by atoms with van der Waals surface area (Å²) in [6.45, 7) is 22.5. The van der Waals surface area contributed by atoms with Crippen LogP contribution >= 0.6 is 22.7 Å². The monoisotopic (exact) mass is 544 g/mol. The van der Waals surface area contributed by atoms with Gasteiger partial charge in [0.1, 0.15) is 5.00 Å². The van der Waals surface area contributed by atoms with Crippen LogP contribution in [-0.2, 0) is 25.9 Å². The van der Waals surface area contributed by atoms with Crippen LogP contribution in [0.4, 0.5) is 5.00 Å². The van der Waals surface area contributed by atoms with Crippen molar-refractivity contribution < 1.29 is 0 Å². The lowest BCUT2D eigenvalue weighted by atomic mass is 9.85. The molecule has 1 aliphatic carbocycles. The van der Waals surface area contributed by atoms with Crippen LogP contribution in [0.15, 0.2) is 43.2 Å². The zero-order valence-electron chi connectivity index (χ0n) is 23.4. The number of hydrogen-bond donors (Lipinski definition) is 3. The molecule has 38 heavy (non-hydrogen) atoms. The molecule has 0 amide bonds. The molecular formula is C32H40N4S2. The second-order valence-corrected chi connectivity index (χ2v) is 14.2. The number of nitrogens with one attached hydrogen (secondary N) is 2. The number of aryl methyl sites for hydroxylation is 1. The molecule has 0 fully saturated rings. The molecule has 2 aliphatic rings. The minimum atomic E-state index is 0.189. The maximum atomic E-state index is 6.21. The number of hydrogen-bond acceptors (Lipinski definition) is 6. The number of thiophene rings is 2. The highest BCUT2D eigenvalue weighted by molar-refractivity contribution is 7.16. The van der Waals surface area contributed by atoms with Crippen molar-refractivity contribution in [3.8, 4) is 0 Å². The number of allylic oxidation sites excluding steroid dienone is 2. The lowest BCUT2D eigenvalue weighted by molar-refractivity contribution is 0.266. The highest BCUT2D eigenvalue weighted by Crippen LogP contribution is 2.43. The summed E-state index contributed by atoms with van der Waals surface area (Å²) in [6, 6.07) is 8.73. The summed E-state index contributed by atoms with van der Waals surface area (Å²) in [7, 11) is 0. The molecular weight excluding hydrogens is 505 g/mol. The molecule has 1 aliphatic heterocycles. The van der Waals surface area contributed by atoms with Crippen molar-refractivity contribution in [2.45, 2.75) is 67.0 Å². The van der Waals surface area contributed by atoms with Gasteiger partial charge in [-0.1, -0.05) is 58.2 Å². The number of hydrazine groups is 1. The Labute approximate surface area is 235 Å². The summed E-state index contributed by atoms with van der Waals surface area (Å²) in [4.78, 5) is 4.11. The molecule has 6 heteroatoms. The maximum Gasteiger partial charge on any atom is 0.102 e. The molecule has 0 atom stereocenters. The van der Waals surface area contributed by atoms with Crippen molar-refractivity contribution in [1.82, 2.24) is 10.3 Å². The zero-order chi connectivity index (χ0) is 27.2. The van der Waals surface area contributed by atoms with E-state index in [2.05, 4.69) is 88.8 Å². The minimum absolute atomic E-state index is 0.189. The molecule has 5 rings (SSSR count). The standard InChI is InChI=1S/C32H40N4S2/c1-19(16-32(5,6)7)29-20(2)21(3)37-31(29)35-22(4)34-17-27-26-12-13-36(33)18-28(26)38-30(27)25-14-23-10-8-9-11-24(23)15-25/h8-11,14,34-35H,1,4,12-13,15-18,33H2,2-3,5-7H3. The highest BCUT2D eigenvalue weighted by Gasteiger charge is 2.27. The van der Waals surface area contributed by atoms with E-state index in [0.29, 0.717) is 0 Å². The smallest absolute Gasteiger partial charge is 0.102 e. The first-order valence-corrected chi connectivity index (χ1v) is 15.0. The summed E-state index contributed by atoms with van der Waals surface area (Å²) in [6.07, 6.45) is 5.30. The van der Waals surface area contributed by atoms with Crippen molar-refractivity contribution in [2.75, 3.05) is 11.9 Å². The summed E-state index contributed by atoms with van der Waals surface area (Å²) >= 11 is 3.70. The molecule has 0 radical (unpaired) electrons. The summed E-state index contributed by atoms with van der Waals surface area (Å²) in [5.74, 6) is 7.03. The van der Waals surface area contributed by atoms with Crippen LogP contribution in [0.3, 0.4) is 0 Å². The van der Waals surface area contributed by atoms with Crippen molar-refractivity contribution in [1.29, 1.82) is 0 Å². The first-order chi connectivity index (χ1) is 18.0. The van der Waals surface area contributed by atoms with Gasteiger partial charge in [0.05, 0.1) is 5.82 Å². The van der Waals surface area contributed by atoms with Crippen LogP contribution in [0, 0.1) is 19.3 Å². The van der Waals surface area contributed by atoms with Gasteiger partial charge in [0.25, 0.3) is 0 Å². The number of anilines is 1. The molecule has 0 saturated carbocycles. The van der Waals surface area contributed by atoms with Crippen molar-refractivity contribution in [2.24, 2.45) is 11.3 Å². The van der Waals surface area contributed by atoms with E-state index in [4.69, 9.17) is 5.84 Å². The first-order valence-electron chi connectivity index (χ1n) is 13.4. The fourth-order valence-electron chi connectivity index (χ4n) is 5.61. The second kappa shape index (κ2) is 10.5. The Hall–Kier alpha value is -2.64. The summed E-state index contributed by atoms with van der Waals surface area (Å²) in [5, 5.41) is 10.3. The molecule has 3 aromatic rings. The van der Waals surface area contributed by atoms with Gasteiger partial charge in [-0.15, -0.1) is 22.7 Å². The summed E-state index contributed by atoms with van der Waals surface area (Å²) < 4.78 is 0. The van der Waals surface area contributed by atoms with Gasteiger partial charge >= 0.3 is 0 Å². The second-order valence-electron chi connectivity index (χ2n) is 11.9. The molecule has 0 spiro atoms. The van der Waals surface area contributed by atoms with E-state index in [0.717, 1.165) is 49.7 Å². The number of nitrogens with two attached hydrogens (primary N) is 1. The highest BCUT2D eigenvalue weighted by atomic mass is 32.1. The van der Waals surface area contributed by atoms with E-state index >= 15 is 0 Å². The average Bonchev–Trinajstić information content (AvgIpc) is 3.49. The van der Waals surface area contributed by atoms with E-state index in [-0.39, 0.29) is 5.41 Å². The van der Waals surface area contributed by atoms with Crippen LogP contribution in [-0.4, -0.2) is 11.6 Å². The van der Waals surface area contributed by atoms with Gasteiger partial charge in [0.15, 0.2) is 0 Å². The molecule has 2 aromatic heterocycles. The van der Waals surface area contributed by atoms with Gasteiger partial charge in [-0.2, -0.15) is 0 Å². The minimum Gasteiger partial charge on any atom is -0.368 e. The predicted octanol–water partition coefficient (Wildman–Crippen LogP) is 7.88. The van der Waals surface area contributed by atoms with Gasteiger partial charge in [-0.3, -0.25) is 5.84 Å². The quantitative estimate of drug-likeness (QED) is 0.253. The lowest BCUT2D eigenvalue weighted by Crippen LogP contribution is -2.35. The fourth-order valence-corrected chi connectivity index (χ4v) is 8.15. The van der Waals surface area contributed by atoms with Crippen molar-refractivity contribution >= 4 is 44.9 Å².